The predicted molar refractivity (Wildman–Crippen MR) is 84.9 cm³/mol. The number of ether oxygens (including phenoxy) is 1. The Morgan fingerprint density at radius 3 is 2.76 bits per heavy atom. The van der Waals surface area contributed by atoms with Gasteiger partial charge in [0.05, 0.1) is 19.4 Å². The summed E-state index contributed by atoms with van der Waals surface area (Å²) in [7, 11) is 0. The molecule has 0 saturated carbocycles. The minimum atomic E-state index is 0.0571. The zero-order valence-electron chi connectivity index (χ0n) is 11.5. The molecule has 0 saturated heterocycles. The van der Waals surface area contributed by atoms with Crippen LogP contribution >= 0.6 is 11.6 Å². The highest BCUT2D eigenvalue weighted by Crippen LogP contribution is 2.15. The van der Waals surface area contributed by atoms with Crippen LogP contribution in [0.4, 0.5) is 0 Å². The van der Waals surface area contributed by atoms with E-state index in [9.17, 15) is 0 Å². The fourth-order valence-electron chi connectivity index (χ4n) is 1.67. The maximum atomic E-state index is 8.64. The molecule has 0 aromatic heterocycles. The molecule has 110 valence electrons. The highest BCUT2D eigenvalue weighted by Gasteiger charge is 1.97. The Hall–Kier alpha value is -2.04. The molecule has 0 spiro atoms. The second-order valence-electron chi connectivity index (χ2n) is 4.38. The number of rotatable bonds is 7. The van der Waals surface area contributed by atoms with Gasteiger partial charge in [-0.05, 0) is 35.4 Å². The van der Waals surface area contributed by atoms with Crippen LogP contribution < -0.4 is 10.2 Å². The SMILES string of the molecule is OCCNN=Cc1cccc(OCc2ccc(Cl)cc2)c1. The Kier molecular flexibility index (Phi) is 6.06. The van der Waals surface area contributed by atoms with Crippen LogP contribution in [0.15, 0.2) is 53.6 Å². The Morgan fingerprint density at radius 2 is 2.00 bits per heavy atom. The number of aliphatic hydroxyl groups is 1. The van der Waals surface area contributed by atoms with Crippen LogP contribution in [0.1, 0.15) is 11.1 Å². The van der Waals surface area contributed by atoms with Gasteiger partial charge in [0.15, 0.2) is 0 Å². The number of halogens is 1. The molecule has 0 aliphatic rings. The van der Waals surface area contributed by atoms with E-state index in [0.717, 1.165) is 16.9 Å². The molecule has 0 heterocycles. The van der Waals surface area contributed by atoms with E-state index in [-0.39, 0.29) is 6.61 Å². The van der Waals surface area contributed by atoms with Gasteiger partial charge in [0.1, 0.15) is 12.4 Å². The van der Waals surface area contributed by atoms with Crippen LogP contribution in [-0.2, 0) is 6.61 Å². The van der Waals surface area contributed by atoms with Crippen LogP contribution in [0.25, 0.3) is 0 Å². The van der Waals surface area contributed by atoms with Gasteiger partial charge < -0.3 is 15.3 Å². The smallest absolute Gasteiger partial charge is 0.120 e. The molecule has 2 N–H and O–H groups in total. The third-order valence-electron chi connectivity index (χ3n) is 2.71. The van der Waals surface area contributed by atoms with E-state index in [4.69, 9.17) is 21.4 Å². The summed E-state index contributed by atoms with van der Waals surface area (Å²) in [5.41, 5.74) is 4.72. The van der Waals surface area contributed by atoms with Crippen molar-refractivity contribution in [3.05, 3.63) is 64.7 Å². The molecule has 0 amide bonds. The quantitative estimate of drug-likeness (QED) is 0.470. The van der Waals surface area contributed by atoms with Gasteiger partial charge in [0.2, 0.25) is 0 Å². The molecule has 0 aliphatic carbocycles. The molecule has 0 fully saturated rings. The summed E-state index contributed by atoms with van der Waals surface area (Å²) in [6.45, 7) is 0.978. The molecule has 0 unspecified atom stereocenters. The largest absolute Gasteiger partial charge is 0.489 e. The van der Waals surface area contributed by atoms with Crippen molar-refractivity contribution >= 4 is 17.8 Å². The van der Waals surface area contributed by atoms with E-state index in [1.807, 2.05) is 48.5 Å². The zero-order chi connectivity index (χ0) is 14.9. The monoisotopic (exact) mass is 304 g/mol. The number of aliphatic hydroxyl groups excluding tert-OH is 1. The van der Waals surface area contributed by atoms with Crippen molar-refractivity contribution in [2.75, 3.05) is 13.2 Å². The first-order chi connectivity index (χ1) is 10.3. The topological polar surface area (TPSA) is 53.8 Å². The Morgan fingerprint density at radius 1 is 1.19 bits per heavy atom. The molecule has 5 heteroatoms. The van der Waals surface area contributed by atoms with Gasteiger partial charge in [-0.1, -0.05) is 35.9 Å². The maximum Gasteiger partial charge on any atom is 0.120 e. The third-order valence-corrected chi connectivity index (χ3v) is 2.96. The van der Waals surface area contributed by atoms with Crippen LogP contribution in [-0.4, -0.2) is 24.5 Å². The van der Waals surface area contributed by atoms with Crippen molar-refractivity contribution in [3.63, 3.8) is 0 Å². The van der Waals surface area contributed by atoms with Crippen molar-refractivity contribution < 1.29 is 9.84 Å². The Balaban J connectivity index is 1.91. The van der Waals surface area contributed by atoms with Gasteiger partial charge in [-0.25, -0.2) is 0 Å². The van der Waals surface area contributed by atoms with E-state index in [2.05, 4.69) is 10.5 Å². The van der Waals surface area contributed by atoms with Crippen molar-refractivity contribution in [1.82, 2.24) is 5.43 Å². The lowest BCUT2D eigenvalue weighted by atomic mass is 10.2. The second-order valence-corrected chi connectivity index (χ2v) is 4.81. The van der Waals surface area contributed by atoms with Crippen molar-refractivity contribution in [3.8, 4) is 5.75 Å². The molecule has 2 aromatic carbocycles. The highest BCUT2D eigenvalue weighted by molar-refractivity contribution is 6.30. The molecule has 0 radical (unpaired) electrons. The van der Waals surface area contributed by atoms with Crippen LogP contribution in [0, 0.1) is 0 Å². The number of nitrogens with zero attached hydrogens (tertiary/aromatic N) is 1. The number of hydrogen-bond donors (Lipinski definition) is 2. The normalized spacial score (nSPS) is 10.8. The van der Waals surface area contributed by atoms with Crippen molar-refractivity contribution in [2.24, 2.45) is 5.10 Å². The van der Waals surface area contributed by atoms with Gasteiger partial charge in [-0.15, -0.1) is 0 Å². The number of benzene rings is 2. The van der Waals surface area contributed by atoms with E-state index >= 15 is 0 Å². The Labute approximate surface area is 129 Å². The summed E-state index contributed by atoms with van der Waals surface area (Å²) in [6, 6.07) is 15.2. The molecular formula is C16H17ClN2O2. The fraction of sp³-hybridized carbons (Fsp3) is 0.188. The van der Waals surface area contributed by atoms with E-state index < -0.39 is 0 Å². The number of nitrogens with one attached hydrogen (secondary N) is 1. The van der Waals surface area contributed by atoms with Gasteiger partial charge in [-0.3, -0.25) is 0 Å². The highest BCUT2D eigenvalue weighted by atomic mass is 35.5. The molecule has 21 heavy (non-hydrogen) atoms. The van der Waals surface area contributed by atoms with Gasteiger partial charge >= 0.3 is 0 Å². The first kappa shape index (κ1) is 15.4. The number of hydrogen-bond acceptors (Lipinski definition) is 4. The van der Waals surface area contributed by atoms with Gasteiger partial charge in [0.25, 0.3) is 0 Å². The minimum absolute atomic E-state index is 0.0571. The van der Waals surface area contributed by atoms with E-state index in [0.29, 0.717) is 18.2 Å². The summed E-state index contributed by atoms with van der Waals surface area (Å²) in [4.78, 5) is 0. The summed E-state index contributed by atoms with van der Waals surface area (Å²) in [6.07, 6.45) is 1.69. The lowest BCUT2D eigenvalue weighted by Crippen LogP contribution is -2.11. The molecule has 4 nitrogen and oxygen atoms in total. The fourth-order valence-corrected chi connectivity index (χ4v) is 1.79. The van der Waals surface area contributed by atoms with E-state index in [1.165, 1.54) is 0 Å². The molecule has 0 aliphatic heterocycles. The lowest BCUT2D eigenvalue weighted by Gasteiger charge is -2.07. The predicted octanol–water partition coefficient (Wildman–Crippen LogP) is 2.83. The average Bonchev–Trinajstić information content (AvgIpc) is 2.52. The van der Waals surface area contributed by atoms with Crippen molar-refractivity contribution in [1.29, 1.82) is 0 Å². The van der Waals surface area contributed by atoms with Gasteiger partial charge in [-0.2, -0.15) is 5.10 Å². The first-order valence-electron chi connectivity index (χ1n) is 6.62. The van der Waals surface area contributed by atoms with E-state index in [1.54, 1.807) is 6.21 Å². The lowest BCUT2D eigenvalue weighted by molar-refractivity contribution is 0.293. The van der Waals surface area contributed by atoms with Crippen molar-refractivity contribution in [2.45, 2.75) is 6.61 Å². The third kappa shape index (κ3) is 5.45. The summed E-state index contributed by atoms with van der Waals surface area (Å²) in [5.74, 6) is 0.774. The average molecular weight is 305 g/mol. The molecule has 0 bridgehead atoms. The first-order valence-corrected chi connectivity index (χ1v) is 7.00. The molecule has 2 rings (SSSR count). The summed E-state index contributed by atoms with van der Waals surface area (Å²) >= 11 is 5.84. The van der Waals surface area contributed by atoms with Crippen LogP contribution in [0.5, 0.6) is 5.75 Å². The summed E-state index contributed by atoms with van der Waals surface area (Å²) < 4.78 is 5.73. The second kappa shape index (κ2) is 8.29. The minimum Gasteiger partial charge on any atom is -0.489 e. The van der Waals surface area contributed by atoms with Crippen LogP contribution in [0.3, 0.4) is 0 Å². The van der Waals surface area contributed by atoms with Crippen LogP contribution in [0.2, 0.25) is 5.02 Å². The van der Waals surface area contributed by atoms with Gasteiger partial charge in [0, 0.05) is 5.02 Å². The zero-order valence-corrected chi connectivity index (χ0v) is 12.3. The number of hydrazone groups is 1. The molecule has 2 aromatic rings. The molecular weight excluding hydrogens is 288 g/mol. The summed E-state index contributed by atoms with van der Waals surface area (Å²) in [5, 5.41) is 13.3. The standard InChI is InChI=1S/C16H17ClN2O2/c17-15-6-4-13(5-7-15)12-21-16-3-1-2-14(10-16)11-19-18-8-9-20/h1-7,10-11,18,20H,8-9,12H2. The molecule has 0 atom stereocenters. The Bertz CT molecular complexity index is 585. The maximum absolute atomic E-state index is 8.64.